The van der Waals surface area contributed by atoms with Crippen molar-refractivity contribution in [3.8, 4) is 11.3 Å². The highest BCUT2D eigenvalue weighted by atomic mass is 32.2. The van der Waals surface area contributed by atoms with E-state index in [-0.39, 0.29) is 23.5 Å². The average molecular weight is 570 g/mol. The van der Waals surface area contributed by atoms with E-state index < -0.39 is 11.0 Å². The van der Waals surface area contributed by atoms with E-state index in [0.717, 1.165) is 24.1 Å². The summed E-state index contributed by atoms with van der Waals surface area (Å²) in [5, 5.41) is 3.38. The number of hydrogen-bond donors (Lipinski definition) is 1. The highest BCUT2D eigenvalue weighted by molar-refractivity contribution is 7.99. The van der Waals surface area contributed by atoms with Gasteiger partial charge in [0.1, 0.15) is 34.0 Å². The van der Waals surface area contributed by atoms with Crippen molar-refractivity contribution < 1.29 is 22.2 Å². The van der Waals surface area contributed by atoms with Crippen LogP contribution in [0, 0.1) is 11.6 Å². The van der Waals surface area contributed by atoms with E-state index in [1.54, 1.807) is 43.3 Å². The van der Waals surface area contributed by atoms with Crippen molar-refractivity contribution in [2.24, 2.45) is 0 Å². The third-order valence-corrected chi connectivity index (χ3v) is 9.31. The van der Waals surface area contributed by atoms with Gasteiger partial charge in [-0.15, -0.1) is 0 Å². The smallest absolute Gasteiger partial charge is 0.255 e. The standard InChI is InChI=1S/C29H29F2N3O3S2/c1-32-29(35)27-24-15-23(19-5-4-14-34(17-19)39(36)22-12-10-21(31)11-13-22)25(33(2)38-3)16-26(24)37-28(27)18-6-8-20(30)9-7-18/h6-13,15-16,19H,4-5,14,17H2,1-3H3,(H,32,35)/t19-,39?/m0/s1. The molecule has 204 valence electrons. The number of furan rings is 1. The molecule has 1 aliphatic heterocycles. The second-order valence-electron chi connectivity index (χ2n) is 9.41. The first-order valence-corrected chi connectivity index (χ1v) is 14.9. The number of benzene rings is 3. The van der Waals surface area contributed by atoms with Gasteiger partial charge in [-0.05, 0) is 78.9 Å². The number of fused-ring (bicyclic) bond motifs is 1. The number of carbonyl (C=O) groups excluding carboxylic acids is 1. The Morgan fingerprint density at radius 3 is 2.41 bits per heavy atom. The molecule has 2 atom stereocenters. The molecule has 0 aliphatic carbocycles. The molecule has 0 radical (unpaired) electrons. The zero-order chi connectivity index (χ0) is 27.7. The molecule has 1 aromatic heterocycles. The second kappa shape index (κ2) is 11.5. The molecule has 10 heteroatoms. The van der Waals surface area contributed by atoms with Crippen molar-refractivity contribution >= 4 is 45.5 Å². The molecule has 1 saturated heterocycles. The number of carbonyl (C=O) groups is 1. The predicted molar refractivity (Wildman–Crippen MR) is 153 cm³/mol. The van der Waals surface area contributed by atoms with Gasteiger partial charge in [-0.1, -0.05) is 11.9 Å². The van der Waals surface area contributed by atoms with Crippen LogP contribution in [0.1, 0.15) is 34.7 Å². The molecule has 2 heterocycles. The molecule has 1 unspecified atom stereocenters. The zero-order valence-electron chi connectivity index (χ0n) is 21.9. The van der Waals surface area contributed by atoms with Crippen molar-refractivity contribution in [2.45, 2.75) is 23.7 Å². The highest BCUT2D eigenvalue weighted by Gasteiger charge is 2.30. The molecular weight excluding hydrogens is 540 g/mol. The summed E-state index contributed by atoms with van der Waals surface area (Å²) in [6, 6.07) is 15.6. The number of amides is 1. The van der Waals surface area contributed by atoms with Crippen LogP contribution < -0.4 is 9.62 Å². The Morgan fingerprint density at radius 2 is 1.77 bits per heavy atom. The van der Waals surface area contributed by atoms with E-state index in [0.29, 0.717) is 45.8 Å². The largest absolute Gasteiger partial charge is 0.455 e. The molecule has 6 nitrogen and oxygen atoms in total. The second-order valence-corrected chi connectivity index (χ2v) is 11.8. The number of nitrogens with one attached hydrogen (secondary N) is 1. The van der Waals surface area contributed by atoms with Crippen LogP contribution in [-0.2, 0) is 11.0 Å². The fourth-order valence-corrected chi connectivity index (χ4v) is 6.68. The Balaban J connectivity index is 1.60. The summed E-state index contributed by atoms with van der Waals surface area (Å²) in [6.07, 6.45) is 3.70. The van der Waals surface area contributed by atoms with E-state index in [1.165, 1.54) is 24.3 Å². The van der Waals surface area contributed by atoms with Gasteiger partial charge in [-0.3, -0.25) is 4.79 Å². The van der Waals surface area contributed by atoms with Gasteiger partial charge in [-0.25, -0.2) is 17.3 Å². The van der Waals surface area contributed by atoms with Crippen LogP contribution in [0.4, 0.5) is 14.5 Å². The minimum absolute atomic E-state index is 0.0406. The molecule has 3 aromatic carbocycles. The highest BCUT2D eigenvalue weighted by Crippen LogP contribution is 2.42. The maximum Gasteiger partial charge on any atom is 0.255 e. The lowest BCUT2D eigenvalue weighted by atomic mass is 9.89. The van der Waals surface area contributed by atoms with Crippen LogP contribution in [0.3, 0.4) is 0 Å². The van der Waals surface area contributed by atoms with Crippen LogP contribution in [-0.4, -0.2) is 47.9 Å². The number of hydrogen-bond acceptors (Lipinski definition) is 5. The summed E-state index contributed by atoms with van der Waals surface area (Å²) in [6.45, 7) is 1.21. The number of rotatable bonds is 7. The lowest BCUT2D eigenvalue weighted by molar-refractivity contribution is 0.0964. The van der Waals surface area contributed by atoms with E-state index in [2.05, 4.69) is 5.32 Å². The summed E-state index contributed by atoms with van der Waals surface area (Å²) >= 11 is 1.55. The third-order valence-electron chi connectivity index (χ3n) is 7.08. The number of anilines is 1. The van der Waals surface area contributed by atoms with Crippen LogP contribution in [0.2, 0.25) is 0 Å². The minimum atomic E-state index is -1.42. The van der Waals surface area contributed by atoms with Crippen LogP contribution in [0.25, 0.3) is 22.3 Å². The Kier molecular flexibility index (Phi) is 8.06. The lowest BCUT2D eigenvalue weighted by Crippen LogP contribution is -2.36. The first-order chi connectivity index (χ1) is 18.8. The first kappa shape index (κ1) is 27.4. The van der Waals surface area contributed by atoms with E-state index in [1.807, 2.05) is 34.0 Å². The van der Waals surface area contributed by atoms with Crippen molar-refractivity contribution in [1.29, 1.82) is 0 Å². The molecule has 5 rings (SSSR count). The normalized spacial score (nSPS) is 16.8. The molecule has 0 saturated carbocycles. The van der Waals surface area contributed by atoms with Gasteiger partial charge >= 0.3 is 0 Å². The molecule has 4 aromatic rings. The summed E-state index contributed by atoms with van der Waals surface area (Å²) in [5.41, 5.74) is 3.51. The summed E-state index contributed by atoms with van der Waals surface area (Å²) in [5.74, 6) is -0.617. The zero-order valence-corrected chi connectivity index (χ0v) is 23.5. The molecule has 1 amide bonds. The van der Waals surface area contributed by atoms with Crippen molar-refractivity contribution in [2.75, 3.05) is 37.7 Å². The number of halogens is 2. The maximum atomic E-state index is 13.6. The van der Waals surface area contributed by atoms with E-state index in [9.17, 15) is 17.8 Å². The van der Waals surface area contributed by atoms with E-state index in [4.69, 9.17) is 4.42 Å². The quantitative estimate of drug-likeness (QED) is 0.263. The molecule has 0 spiro atoms. The molecule has 1 fully saturated rings. The SMILES string of the molecule is CNC(=O)c1c(-c2ccc(F)cc2)oc2cc(N(C)SC)c([C@H]3CCCN(S(=O)c4ccc(F)cc4)C3)cc12. The Labute approximate surface area is 233 Å². The maximum absolute atomic E-state index is 13.6. The van der Waals surface area contributed by atoms with Crippen molar-refractivity contribution in [1.82, 2.24) is 9.62 Å². The van der Waals surface area contributed by atoms with Gasteiger partial charge in [-0.2, -0.15) is 0 Å². The summed E-state index contributed by atoms with van der Waals surface area (Å²) in [4.78, 5) is 13.7. The van der Waals surface area contributed by atoms with Crippen molar-refractivity contribution in [3.63, 3.8) is 0 Å². The molecule has 1 N–H and O–H groups in total. The van der Waals surface area contributed by atoms with Crippen LogP contribution in [0.5, 0.6) is 0 Å². The van der Waals surface area contributed by atoms with Crippen LogP contribution >= 0.6 is 11.9 Å². The first-order valence-electron chi connectivity index (χ1n) is 12.6. The van der Waals surface area contributed by atoms with Gasteiger partial charge in [0.15, 0.2) is 0 Å². The minimum Gasteiger partial charge on any atom is -0.455 e. The van der Waals surface area contributed by atoms with Gasteiger partial charge in [0, 0.05) is 50.5 Å². The fraction of sp³-hybridized carbons (Fsp3) is 0.276. The molecule has 39 heavy (non-hydrogen) atoms. The lowest BCUT2D eigenvalue weighted by Gasteiger charge is -2.33. The Morgan fingerprint density at radius 1 is 1.10 bits per heavy atom. The predicted octanol–water partition coefficient (Wildman–Crippen LogP) is 6.35. The number of piperidine rings is 1. The van der Waals surface area contributed by atoms with E-state index >= 15 is 0 Å². The van der Waals surface area contributed by atoms with Crippen LogP contribution in [0.15, 0.2) is 70.0 Å². The van der Waals surface area contributed by atoms with Crippen molar-refractivity contribution in [3.05, 3.63) is 83.4 Å². The molecule has 0 bridgehead atoms. The monoisotopic (exact) mass is 569 g/mol. The summed E-state index contributed by atoms with van der Waals surface area (Å²) < 4.78 is 50.6. The topological polar surface area (TPSA) is 65.8 Å². The fourth-order valence-electron chi connectivity index (χ4n) is 5.05. The van der Waals surface area contributed by atoms with Gasteiger partial charge in [0.05, 0.1) is 16.1 Å². The van der Waals surface area contributed by atoms with Gasteiger partial charge in [0.2, 0.25) is 0 Å². The van der Waals surface area contributed by atoms with Gasteiger partial charge < -0.3 is 14.0 Å². The average Bonchev–Trinajstić information content (AvgIpc) is 3.34. The molecular formula is C29H29F2N3O3S2. The Bertz CT molecular complexity index is 1520. The summed E-state index contributed by atoms with van der Waals surface area (Å²) in [7, 11) is 2.11. The molecule has 1 aliphatic rings. The Hall–Kier alpha value is -3.21. The third kappa shape index (κ3) is 5.46. The van der Waals surface area contributed by atoms with Gasteiger partial charge in [0.25, 0.3) is 5.91 Å². The number of nitrogens with zero attached hydrogens (tertiary/aromatic N) is 2.